The Kier molecular flexibility index (Phi) is 4.67. The van der Waals surface area contributed by atoms with Crippen LogP contribution in [0.5, 0.6) is 0 Å². The van der Waals surface area contributed by atoms with Gasteiger partial charge in [-0.25, -0.2) is 4.79 Å². The highest BCUT2D eigenvalue weighted by molar-refractivity contribution is 7.19. The molecule has 1 aromatic carbocycles. The van der Waals surface area contributed by atoms with Crippen LogP contribution in [-0.4, -0.2) is 10.7 Å². The number of aryl methyl sites for hydroxylation is 2. The van der Waals surface area contributed by atoms with Crippen molar-refractivity contribution >= 4 is 21.4 Å². The normalized spacial score (nSPS) is 14.3. The summed E-state index contributed by atoms with van der Waals surface area (Å²) < 4.78 is 6.70. The zero-order valence-electron chi connectivity index (χ0n) is 15.6. The molecule has 4 heteroatoms. The van der Waals surface area contributed by atoms with E-state index in [2.05, 4.69) is 11.8 Å². The predicted molar refractivity (Wildman–Crippen MR) is 110 cm³/mol. The average Bonchev–Trinajstić information content (AvgIpc) is 2.84. The van der Waals surface area contributed by atoms with Gasteiger partial charge in [0, 0.05) is 10.4 Å². The molecule has 0 radical (unpaired) electrons. The lowest BCUT2D eigenvalue weighted by molar-refractivity contribution is 0.143. The van der Waals surface area contributed by atoms with Crippen molar-refractivity contribution < 1.29 is 9.52 Å². The van der Waals surface area contributed by atoms with E-state index < -0.39 is 5.60 Å². The molecule has 0 aliphatic heterocycles. The second-order valence-corrected chi connectivity index (χ2v) is 8.64. The van der Waals surface area contributed by atoms with Crippen LogP contribution in [0.1, 0.15) is 49.1 Å². The van der Waals surface area contributed by atoms with E-state index >= 15 is 0 Å². The molecule has 1 aliphatic carbocycles. The third kappa shape index (κ3) is 3.58. The first-order valence-electron chi connectivity index (χ1n) is 9.36. The van der Waals surface area contributed by atoms with Crippen LogP contribution in [0.4, 0.5) is 0 Å². The number of thiophene rings is 1. The molecule has 0 saturated carbocycles. The molecule has 0 amide bonds. The van der Waals surface area contributed by atoms with Crippen LogP contribution in [0.3, 0.4) is 0 Å². The molecule has 0 atom stereocenters. The second-order valence-electron chi connectivity index (χ2n) is 7.54. The number of fused-ring (bicyclic) bond motifs is 3. The fraction of sp³-hybridized carbons (Fsp3) is 0.348. The van der Waals surface area contributed by atoms with Crippen molar-refractivity contribution in [1.29, 1.82) is 0 Å². The molecule has 3 nitrogen and oxygen atoms in total. The molecule has 0 bridgehead atoms. The van der Waals surface area contributed by atoms with Crippen LogP contribution in [0.25, 0.3) is 21.4 Å². The maximum absolute atomic E-state index is 12.9. The van der Waals surface area contributed by atoms with Crippen LogP contribution in [-0.2, 0) is 12.8 Å². The maximum Gasteiger partial charge on any atom is 0.345 e. The van der Waals surface area contributed by atoms with Gasteiger partial charge in [-0.2, -0.15) is 0 Å². The van der Waals surface area contributed by atoms with Crippen LogP contribution < -0.4 is 5.63 Å². The van der Waals surface area contributed by atoms with Gasteiger partial charge < -0.3 is 9.52 Å². The van der Waals surface area contributed by atoms with Crippen molar-refractivity contribution in [3.05, 3.63) is 56.8 Å². The molecule has 0 spiro atoms. The van der Waals surface area contributed by atoms with Crippen LogP contribution in [0, 0.1) is 11.8 Å². The zero-order valence-corrected chi connectivity index (χ0v) is 16.4. The Morgan fingerprint density at radius 3 is 2.59 bits per heavy atom. The van der Waals surface area contributed by atoms with Gasteiger partial charge in [0.05, 0.1) is 15.6 Å². The first kappa shape index (κ1) is 18.0. The minimum Gasteiger partial charge on any atom is -0.421 e. The number of hydrogen-bond acceptors (Lipinski definition) is 4. The minimum absolute atomic E-state index is 0.280. The molecule has 0 saturated heterocycles. The maximum atomic E-state index is 12.9. The SMILES string of the molecule is CC(C)(O)C#Cc1c(-c2ccccc2)oc(=O)c2c3c(sc12)CCCCC3. The summed E-state index contributed by atoms with van der Waals surface area (Å²) in [4.78, 5) is 14.2. The highest BCUT2D eigenvalue weighted by Crippen LogP contribution is 2.38. The van der Waals surface area contributed by atoms with E-state index in [1.165, 1.54) is 11.3 Å². The molecule has 27 heavy (non-hydrogen) atoms. The molecule has 138 valence electrons. The molecular formula is C23H22O3S. The van der Waals surface area contributed by atoms with E-state index in [4.69, 9.17) is 4.42 Å². The molecule has 4 rings (SSSR count). The van der Waals surface area contributed by atoms with Gasteiger partial charge in [-0.15, -0.1) is 11.3 Å². The van der Waals surface area contributed by atoms with Crippen molar-refractivity contribution in [3.63, 3.8) is 0 Å². The van der Waals surface area contributed by atoms with E-state index in [-0.39, 0.29) is 5.63 Å². The summed E-state index contributed by atoms with van der Waals surface area (Å²) in [6, 6.07) is 9.58. The third-order valence-corrected chi connectivity index (χ3v) is 6.11. The van der Waals surface area contributed by atoms with Crippen LogP contribution in [0.15, 0.2) is 39.5 Å². The molecule has 1 aliphatic rings. The lowest BCUT2D eigenvalue weighted by atomic mass is 10.0. The Morgan fingerprint density at radius 2 is 1.85 bits per heavy atom. The summed E-state index contributed by atoms with van der Waals surface area (Å²) in [5.74, 6) is 6.51. The quantitative estimate of drug-likeness (QED) is 0.483. The number of rotatable bonds is 1. The first-order chi connectivity index (χ1) is 12.9. The Hall–Kier alpha value is -2.35. The minimum atomic E-state index is -1.12. The van der Waals surface area contributed by atoms with Crippen LogP contribution >= 0.6 is 11.3 Å². The summed E-state index contributed by atoms with van der Waals surface area (Å²) >= 11 is 1.67. The Bertz CT molecular complexity index is 1100. The molecule has 2 heterocycles. The molecule has 2 aromatic heterocycles. The van der Waals surface area contributed by atoms with Gasteiger partial charge in [-0.05, 0) is 45.1 Å². The average molecular weight is 378 g/mol. The van der Waals surface area contributed by atoms with Gasteiger partial charge in [0.15, 0.2) is 5.76 Å². The van der Waals surface area contributed by atoms with Crippen molar-refractivity contribution in [2.24, 2.45) is 0 Å². The van der Waals surface area contributed by atoms with E-state index in [1.54, 1.807) is 25.2 Å². The number of benzene rings is 1. The third-order valence-electron chi connectivity index (χ3n) is 4.80. The van der Waals surface area contributed by atoms with Gasteiger partial charge in [0.1, 0.15) is 5.60 Å². The fourth-order valence-electron chi connectivity index (χ4n) is 3.55. The lowest BCUT2D eigenvalue weighted by Crippen LogP contribution is -2.14. The van der Waals surface area contributed by atoms with E-state index in [9.17, 15) is 9.90 Å². The zero-order chi connectivity index (χ0) is 19.0. The van der Waals surface area contributed by atoms with Gasteiger partial charge in [0.25, 0.3) is 0 Å². The topological polar surface area (TPSA) is 50.4 Å². The number of aliphatic hydroxyl groups is 1. The lowest BCUT2D eigenvalue weighted by Gasteiger charge is -2.08. The largest absolute Gasteiger partial charge is 0.421 e. The molecule has 1 N–H and O–H groups in total. The summed E-state index contributed by atoms with van der Waals surface area (Å²) in [7, 11) is 0. The first-order valence-corrected chi connectivity index (χ1v) is 10.2. The smallest absolute Gasteiger partial charge is 0.345 e. The van der Waals surface area contributed by atoms with Gasteiger partial charge in [0.2, 0.25) is 0 Å². The van der Waals surface area contributed by atoms with Gasteiger partial charge >= 0.3 is 5.63 Å². The predicted octanol–water partition coefficient (Wildman–Crippen LogP) is 4.91. The number of hydrogen-bond donors (Lipinski definition) is 1. The van der Waals surface area contributed by atoms with E-state index in [1.807, 2.05) is 30.3 Å². The summed E-state index contributed by atoms with van der Waals surface area (Å²) in [5, 5.41) is 10.8. The second kappa shape index (κ2) is 6.99. The van der Waals surface area contributed by atoms with Gasteiger partial charge in [-0.1, -0.05) is 48.6 Å². The Balaban J connectivity index is 2.06. The highest BCUT2D eigenvalue weighted by atomic mass is 32.1. The van der Waals surface area contributed by atoms with Crippen molar-refractivity contribution in [3.8, 4) is 23.2 Å². The monoisotopic (exact) mass is 378 g/mol. The molecule has 0 unspecified atom stereocenters. The van der Waals surface area contributed by atoms with Gasteiger partial charge in [-0.3, -0.25) is 0 Å². The Labute approximate surface area is 162 Å². The highest BCUT2D eigenvalue weighted by Gasteiger charge is 2.23. The molecule has 3 aromatic rings. The fourth-order valence-corrected chi connectivity index (χ4v) is 4.93. The summed E-state index contributed by atoms with van der Waals surface area (Å²) in [6.07, 6.45) is 5.38. The summed E-state index contributed by atoms with van der Waals surface area (Å²) in [6.45, 7) is 3.31. The van der Waals surface area contributed by atoms with Crippen molar-refractivity contribution in [2.75, 3.05) is 0 Å². The van der Waals surface area contributed by atoms with Crippen molar-refractivity contribution in [2.45, 2.75) is 51.6 Å². The van der Waals surface area contributed by atoms with Crippen LogP contribution in [0.2, 0.25) is 0 Å². The standard InChI is InChI=1S/C23H22O3S/c1-23(2,25)14-13-17-20(15-9-5-3-6-10-15)26-22(24)19-16-11-7-4-8-12-18(16)27-21(17)19/h3,5-6,9-10,25H,4,7-8,11-12H2,1-2H3. The Morgan fingerprint density at radius 1 is 1.11 bits per heavy atom. The molecule has 0 fully saturated rings. The van der Waals surface area contributed by atoms with E-state index in [0.29, 0.717) is 16.7 Å². The van der Waals surface area contributed by atoms with E-state index in [0.717, 1.165) is 41.5 Å². The summed E-state index contributed by atoms with van der Waals surface area (Å²) in [5.41, 5.74) is 1.27. The van der Waals surface area contributed by atoms with Crippen molar-refractivity contribution in [1.82, 2.24) is 0 Å². The molecular weight excluding hydrogens is 356 g/mol.